The van der Waals surface area contributed by atoms with Gasteiger partial charge in [-0.25, -0.2) is 4.39 Å². The fraction of sp³-hybridized carbons (Fsp3) is 0.0909. The lowest BCUT2D eigenvalue weighted by atomic mass is 10.2. The number of pyridine rings is 1. The number of hydrogen-bond acceptors (Lipinski definition) is 6. The average Bonchev–Trinajstić information content (AvgIpc) is 3.40. The smallest absolute Gasteiger partial charge is 0.293 e. The number of rotatable bonds is 6. The van der Waals surface area contributed by atoms with Crippen LogP contribution in [0.1, 0.15) is 15.9 Å². The zero-order valence-electron chi connectivity index (χ0n) is 16.5. The van der Waals surface area contributed by atoms with E-state index in [4.69, 9.17) is 0 Å². The van der Waals surface area contributed by atoms with E-state index in [1.807, 2.05) is 17.5 Å². The Labute approximate surface area is 190 Å². The molecule has 0 spiro atoms. The summed E-state index contributed by atoms with van der Waals surface area (Å²) in [6.45, 7) is -0.105. The molecule has 32 heavy (non-hydrogen) atoms. The highest BCUT2D eigenvalue weighted by Gasteiger charge is 2.34. The first kappa shape index (κ1) is 21.7. The van der Waals surface area contributed by atoms with Gasteiger partial charge in [0.15, 0.2) is 0 Å². The van der Waals surface area contributed by atoms with Crippen molar-refractivity contribution >= 4 is 46.2 Å². The number of carbonyl (C=O) groups is 3. The van der Waals surface area contributed by atoms with E-state index in [1.54, 1.807) is 12.1 Å². The van der Waals surface area contributed by atoms with Crippen molar-refractivity contribution in [3.63, 3.8) is 0 Å². The number of hydrogen-bond donors (Lipinski definition) is 2. The number of aromatic nitrogens is 1. The summed E-state index contributed by atoms with van der Waals surface area (Å²) in [5.74, 6) is -1.67. The molecular formula is C22H16FN3O4S2. The lowest BCUT2D eigenvalue weighted by molar-refractivity contribution is -0.122. The van der Waals surface area contributed by atoms with Crippen molar-refractivity contribution in [2.45, 2.75) is 0 Å². The number of amides is 3. The Morgan fingerprint density at radius 2 is 1.91 bits per heavy atom. The number of benzene rings is 1. The van der Waals surface area contributed by atoms with Crippen molar-refractivity contribution in [2.24, 2.45) is 0 Å². The fourth-order valence-electron chi connectivity index (χ4n) is 3.03. The lowest BCUT2D eigenvalue weighted by Crippen LogP contribution is -2.38. The lowest BCUT2D eigenvalue weighted by Gasteiger charge is -2.13. The second-order valence-electron chi connectivity index (χ2n) is 6.70. The number of imide groups is 1. The van der Waals surface area contributed by atoms with Gasteiger partial charge in [-0.15, -0.1) is 11.3 Å². The number of thioether (sulfide) groups is 1. The molecular weight excluding hydrogens is 453 g/mol. The van der Waals surface area contributed by atoms with Gasteiger partial charge >= 0.3 is 0 Å². The van der Waals surface area contributed by atoms with E-state index in [1.165, 1.54) is 41.7 Å². The standard InChI is InChI=1S/C22H16FN3O4S2/c23-15-5-2-1-4-13(15)12-18-21(29)26(22(30)32-18)10-9-24-19(27)14-7-8-16(25-20(14)28)17-6-3-11-31-17/h1-8,11-12H,9-10H2,(H,24,27)(H,25,28)/b18-12-. The van der Waals surface area contributed by atoms with Crippen LogP contribution >= 0.6 is 23.1 Å². The van der Waals surface area contributed by atoms with Gasteiger partial charge in [0, 0.05) is 18.7 Å². The molecule has 0 aliphatic carbocycles. The molecule has 0 unspecified atom stereocenters. The van der Waals surface area contributed by atoms with Crippen LogP contribution in [0.2, 0.25) is 0 Å². The zero-order chi connectivity index (χ0) is 22.7. The first-order chi connectivity index (χ1) is 15.4. The van der Waals surface area contributed by atoms with E-state index in [2.05, 4.69) is 10.3 Å². The highest BCUT2D eigenvalue weighted by molar-refractivity contribution is 8.18. The SMILES string of the molecule is O=C(NCCN1C(=O)S/C(=C\c2ccccc2F)C1=O)c1ccc(-c2cccs2)[nH]c1=O. The summed E-state index contributed by atoms with van der Waals surface area (Å²) in [4.78, 5) is 54.0. The molecule has 1 saturated heterocycles. The minimum atomic E-state index is -0.613. The van der Waals surface area contributed by atoms with Crippen LogP contribution in [0.3, 0.4) is 0 Å². The quantitative estimate of drug-likeness (QED) is 0.536. The molecule has 162 valence electrons. The number of halogens is 1. The topological polar surface area (TPSA) is 99.3 Å². The number of H-pyrrole nitrogens is 1. The molecule has 1 fully saturated rings. The number of aromatic amines is 1. The third-order valence-electron chi connectivity index (χ3n) is 4.63. The summed E-state index contributed by atoms with van der Waals surface area (Å²) in [5, 5.41) is 3.91. The Morgan fingerprint density at radius 3 is 2.62 bits per heavy atom. The molecule has 1 aliphatic heterocycles. The van der Waals surface area contributed by atoms with Gasteiger partial charge in [0.1, 0.15) is 11.4 Å². The first-order valence-electron chi connectivity index (χ1n) is 9.49. The average molecular weight is 470 g/mol. The summed E-state index contributed by atoms with van der Waals surface area (Å²) in [7, 11) is 0. The highest BCUT2D eigenvalue weighted by Crippen LogP contribution is 2.32. The highest BCUT2D eigenvalue weighted by atomic mass is 32.2. The molecule has 3 heterocycles. The van der Waals surface area contributed by atoms with Crippen molar-refractivity contribution in [1.82, 2.24) is 15.2 Å². The Balaban J connectivity index is 1.37. The van der Waals surface area contributed by atoms with Gasteiger partial charge in [0.2, 0.25) is 0 Å². The maximum atomic E-state index is 13.8. The molecule has 0 radical (unpaired) electrons. The number of thiophene rings is 1. The number of nitrogens with zero attached hydrogens (tertiary/aromatic N) is 1. The van der Waals surface area contributed by atoms with Crippen molar-refractivity contribution in [3.8, 4) is 10.6 Å². The van der Waals surface area contributed by atoms with Gasteiger partial charge in [0.05, 0.1) is 15.5 Å². The molecule has 7 nitrogen and oxygen atoms in total. The Morgan fingerprint density at radius 1 is 1.09 bits per heavy atom. The van der Waals surface area contributed by atoms with Gasteiger partial charge in [-0.05, 0) is 47.5 Å². The minimum Gasteiger partial charge on any atom is -0.350 e. The Kier molecular flexibility index (Phi) is 6.33. The molecule has 3 aromatic rings. The molecule has 10 heteroatoms. The van der Waals surface area contributed by atoms with E-state index < -0.39 is 28.4 Å². The minimum absolute atomic E-state index is 0.0318. The molecule has 4 rings (SSSR count). The molecule has 0 saturated carbocycles. The van der Waals surface area contributed by atoms with E-state index in [9.17, 15) is 23.6 Å². The summed E-state index contributed by atoms with van der Waals surface area (Å²) in [6.07, 6.45) is 1.33. The molecule has 0 bridgehead atoms. The maximum Gasteiger partial charge on any atom is 0.293 e. The maximum absolute atomic E-state index is 13.8. The third-order valence-corrected chi connectivity index (χ3v) is 6.44. The third kappa shape index (κ3) is 4.56. The van der Waals surface area contributed by atoms with Crippen LogP contribution in [0.5, 0.6) is 0 Å². The predicted octanol–water partition coefficient (Wildman–Crippen LogP) is 3.71. The van der Waals surface area contributed by atoms with Gasteiger partial charge in [-0.3, -0.25) is 24.1 Å². The van der Waals surface area contributed by atoms with Crippen LogP contribution in [0.25, 0.3) is 16.6 Å². The number of nitrogens with one attached hydrogen (secondary N) is 2. The van der Waals surface area contributed by atoms with Gasteiger partial charge < -0.3 is 10.3 Å². The van der Waals surface area contributed by atoms with Gasteiger partial charge in [-0.1, -0.05) is 24.3 Å². The predicted molar refractivity (Wildman–Crippen MR) is 122 cm³/mol. The molecule has 0 atom stereocenters. The van der Waals surface area contributed by atoms with Crippen LogP contribution < -0.4 is 10.9 Å². The molecule has 1 aromatic carbocycles. The first-order valence-corrected chi connectivity index (χ1v) is 11.2. The summed E-state index contributed by atoms with van der Waals surface area (Å²) in [5.41, 5.74) is 0.212. The van der Waals surface area contributed by atoms with Gasteiger partial charge in [-0.2, -0.15) is 0 Å². The van der Waals surface area contributed by atoms with Crippen molar-refractivity contribution in [3.05, 3.63) is 86.1 Å². The van der Waals surface area contributed by atoms with E-state index >= 15 is 0 Å². The summed E-state index contributed by atoms with van der Waals surface area (Å²) < 4.78 is 13.8. The number of carbonyl (C=O) groups excluding carboxylic acids is 3. The summed E-state index contributed by atoms with van der Waals surface area (Å²) >= 11 is 2.17. The molecule has 1 aliphatic rings. The fourth-order valence-corrected chi connectivity index (χ4v) is 4.59. The van der Waals surface area contributed by atoms with E-state index in [0.717, 1.165) is 9.78 Å². The molecule has 2 N–H and O–H groups in total. The van der Waals surface area contributed by atoms with Crippen molar-refractivity contribution in [2.75, 3.05) is 13.1 Å². The van der Waals surface area contributed by atoms with Crippen LogP contribution in [-0.2, 0) is 4.79 Å². The summed E-state index contributed by atoms with van der Waals surface area (Å²) in [6, 6.07) is 12.7. The van der Waals surface area contributed by atoms with Crippen LogP contribution in [0, 0.1) is 5.82 Å². The second kappa shape index (κ2) is 9.33. The van der Waals surface area contributed by atoms with Crippen molar-refractivity contribution in [1.29, 1.82) is 0 Å². The monoisotopic (exact) mass is 469 g/mol. The van der Waals surface area contributed by atoms with Crippen LogP contribution in [0.4, 0.5) is 9.18 Å². The normalized spacial score (nSPS) is 14.9. The Bertz CT molecular complexity index is 1280. The van der Waals surface area contributed by atoms with Gasteiger partial charge in [0.25, 0.3) is 22.6 Å². The van der Waals surface area contributed by atoms with Crippen LogP contribution in [0.15, 0.2) is 63.6 Å². The largest absolute Gasteiger partial charge is 0.350 e. The second-order valence-corrected chi connectivity index (χ2v) is 8.64. The van der Waals surface area contributed by atoms with Crippen LogP contribution in [-0.4, -0.2) is 40.0 Å². The van der Waals surface area contributed by atoms with E-state index in [0.29, 0.717) is 17.5 Å². The van der Waals surface area contributed by atoms with E-state index in [-0.39, 0.29) is 29.1 Å². The molecule has 3 amide bonds. The zero-order valence-corrected chi connectivity index (χ0v) is 18.1. The molecule has 2 aromatic heterocycles. The van der Waals surface area contributed by atoms with Crippen molar-refractivity contribution < 1.29 is 18.8 Å². The Hall–Kier alpha value is -3.50.